The van der Waals surface area contributed by atoms with E-state index in [2.05, 4.69) is 211 Å². The molecule has 0 spiro atoms. The monoisotopic (exact) mass is 900 g/mol. The first kappa shape index (κ1) is 40.4. The number of benzene rings is 11. The van der Waals surface area contributed by atoms with Crippen molar-refractivity contribution in [3.05, 3.63) is 248 Å². The topological polar surface area (TPSA) is 54.5 Å². The van der Waals surface area contributed by atoms with E-state index < -0.39 is 0 Å². The van der Waals surface area contributed by atoms with Crippen molar-refractivity contribution in [3.8, 4) is 101 Å². The second-order valence-electron chi connectivity index (χ2n) is 18.4. The van der Waals surface area contributed by atoms with Gasteiger partial charge in [-0.15, -0.1) is 0 Å². The molecule has 71 heavy (non-hydrogen) atoms. The average Bonchev–Trinajstić information content (AvgIpc) is 3.96. The van der Waals surface area contributed by atoms with Gasteiger partial charge in [0.25, 0.3) is 0 Å². The summed E-state index contributed by atoms with van der Waals surface area (Å²) in [5, 5.41) is 16.7. The fraction of sp³-hybridized carbons (Fsp3) is 0. The third kappa shape index (κ3) is 6.75. The third-order valence-corrected chi connectivity index (χ3v) is 14.4. The van der Waals surface area contributed by atoms with Gasteiger partial charge in [-0.05, 0) is 144 Å². The van der Waals surface area contributed by atoms with E-state index in [0.29, 0.717) is 11.4 Å². The van der Waals surface area contributed by atoms with Crippen LogP contribution in [-0.4, -0.2) is 14.5 Å². The molecule has 2 heterocycles. The quantitative estimate of drug-likeness (QED) is 0.160. The Kier molecular flexibility index (Phi) is 9.23. The normalized spacial score (nSPS) is 11.6. The standard InChI is InChI=1S/C67H40N4/c68-41-42-22-24-44(25-23-42)47-16-11-17-49(34-47)54-32-33-59-55-20-9-10-21-56(55)61-37-52(36-60(54)66(59)61)48-28-30-57-58-31-29-51(39-65(58)71(64(57)38-48)53-18-5-2-6-19-53)63-40-62(69-67(70-63)45-13-3-1-4-14-45)50-27-26-43-12-7-8-15-46(43)35-50/h1-40H. The zero-order valence-electron chi connectivity index (χ0n) is 38.4. The molecule has 0 fully saturated rings. The Labute approximate surface area is 410 Å². The van der Waals surface area contributed by atoms with Crippen LogP contribution < -0.4 is 0 Å². The van der Waals surface area contributed by atoms with Crippen LogP contribution >= 0.6 is 0 Å². The van der Waals surface area contributed by atoms with E-state index in [1.807, 2.05) is 42.5 Å². The first-order valence-corrected chi connectivity index (χ1v) is 24.0. The highest BCUT2D eigenvalue weighted by Crippen LogP contribution is 2.51. The van der Waals surface area contributed by atoms with E-state index in [0.717, 1.165) is 72.6 Å². The Balaban J connectivity index is 0.950. The van der Waals surface area contributed by atoms with Crippen molar-refractivity contribution < 1.29 is 0 Å². The number of rotatable bonds is 7. The molecular weight excluding hydrogens is 861 g/mol. The van der Waals surface area contributed by atoms with E-state index in [4.69, 9.17) is 9.97 Å². The summed E-state index contributed by atoms with van der Waals surface area (Å²) in [7, 11) is 0. The van der Waals surface area contributed by atoms with Crippen molar-refractivity contribution in [1.29, 1.82) is 5.26 Å². The summed E-state index contributed by atoms with van der Waals surface area (Å²) in [6.45, 7) is 0. The van der Waals surface area contributed by atoms with Gasteiger partial charge in [-0.3, -0.25) is 0 Å². The van der Waals surface area contributed by atoms with Crippen LogP contribution in [0.2, 0.25) is 0 Å². The van der Waals surface area contributed by atoms with Crippen LogP contribution in [0.5, 0.6) is 0 Å². The van der Waals surface area contributed by atoms with Crippen LogP contribution in [0, 0.1) is 11.3 Å². The molecular formula is C67H40N4. The Hall–Kier alpha value is -9.69. The molecule has 0 saturated carbocycles. The average molecular weight is 901 g/mol. The molecule has 0 bridgehead atoms. The summed E-state index contributed by atoms with van der Waals surface area (Å²) in [6, 6.07) is 89.0. The molecule has 1 aliphatic rings. The van der Waals surface area contributed by atoms with E-state index in [9.17, 15) is 5.26 Å². The predicted molar refractivity (Wildman–Crippen MR) is 293 cm³/mol. The lowest BCUT2D eigenvalue weighted by atomic mass is 9.90. The van der Waals surface area contributed by atoms with Crippen LogP contribution in [0.25, 0.3) is 139 Å². The number of nitriles is 1. The molecule has 14 rings (SSSR count). The Bertz CT molecular complexity index is 4330. The molecule has 0 unspecified atom stereocenters. The van der Waals surface area contributed by atoms with E-state index >= 15 is 0 Å². The molecule has 0 radical (unpaired) electrons. The second kappa shape index (κ2) is 16.2. The van der Waals surface area contributed by atoms with Crippen molar-refractivity contribution >= 4 is 43.4 Å². The highest BCUT2D eigenvalue weighted by molar-refractivity contribution is 6.20. The summed E-state index contributed by atoms with van der Waals surface area (Å²) >= 11 is 0. The second-order valence-corrected chi connectivity index (χ2v) is 18.4. The van der Waals surface area contributed by atoms with Crippen molar-refractivity contribution in [2.75, 3.05) is 0 Å². The number of aromatic nitrogens is 3. The maximum Gasteiger partial charge on any atom is 0.160 e. The van der Waals surface area contributed by atoms with E-state index in [-0.39, 0.29) is 0 Å². The summed E-state index contributed by atoms with van der Waals surface area (Å²) < 4.78 is 2.41. The third-order valence-electron chi connectivity index (χ3n) is 14.4. The SMILES string of the molecule is N#Cc1ccc(-c2cccc(-c3ccc4c5c(cc(-c6ccc7c8ccc(-c9cc(-c%10ccc%11ccccc%11c%10)nc(-c%10ccccc%10)n9)cc8n(-c8ccccc8)c7c6)cc35)-c3ccccc3-4)c2)cc1. The first-order valence-electron chi connectivity index (χ1n) is 24.0. The maximum atomic E-state index is 9.46. The summed E-state index contributed by atoms with van der Waals surface area (Å²) in [6.07, 6.45) is 0. The zero-order chi connectivity index (χ0) is 47.0. The van der Waals surface area contributed by atoms with Gasteiger partial charge in [-0.1, -0.05) is 176 Å². The molecule has 0 N–H and O–H groups in total. The van der Waals surface area contributed by atoms with E-state index in [1.165, 1.54) is 60.1 Å². The smallest absolute Gasteiger partial charge is 0.160 e. The minimum Gasteiger partial charge on any atom is -0.309 e. The van der Waals surface area contributed by atoms with Crippen LogP contribution in [0.3, 0.4) is 0 Å². The first-order chi connectivity index (χ1) is 35.1. The van der Waals surface area contributed by atoms with Gasteiger partial charge in [0, 0.05) is 33.2 Å². The molecule has 0 amide bonds. The van der Waals surface area contributed by atoms with Gasteiger partial charge in [0.15, 0.2) is 5.82 Å². The fourth-order valence-electron chi connectivity index (χ4n) is 10.9. The lowest BCUT2D eigenvalue weighted by molar-refractivity contribution is 1.17. The molecule has 328 valence electrons. The molecule has 13 aromatic rings. The minimum atomic E-state index is 0.656. The number of fused-ring (bicyclic) bond motifs is 7. The van der Waals surface area contributed by atoms with Gasteiger partial charge < -0.3 is 4.57 Å². The summed E-state index contributed by atoms with van der Waals surface area (Å²) in [5.74, 6) is 0.690. The fourth-order valence-corrected chi connectivity index (χ4v) is 10.9. The Morgan fingerprint density at radius 1 is 0.324 bits per heavy atom. The van der Waals surface area contributed by atoms with Gasteiger partial charge in [0.1, 0.15) is 0 Å². The number of hydrogen-bond donors (Lipinski definition) is 0. The van der Waals surface area contributed by atoms with Crippen LogP contribution in [-0.2, 0) is 0 Å². The van der Waals surface area contributed by atoms with Crippen molar-refractivity contribution in [1.82, 2.24) is 14.5 Å². The molecule has 0 atom stereocenters. The molecule has 0 saturated heterocycles. The summed E-state index contributed by atoms with van der Waals surface area (Å²) in [5.41, 5.74) is 20.6. The minimum absolute atomic E-state index is 0.656. The van der Waals surface area contributed by atoms with Crippen molar-refractivity contribution in [2.45, 2.75) is 0 Å². The maximum absolute atomic E-state index is 9.46. The lowest BCUT2D eigenvalue weighted by Crippen LogP contribution is -1.97. The van der Waals surface area contributed by atoms with Gasteiger partial charge in [-0.25, -0.2) is 9.97 Å². The molecule has 0 aliphatic heterocycles. The van der Waals surface area contributed by atoms with Gasteiger partial charge >= 0.3 is 0 Å². The van der Waals surface area contributed by atoms with Crippen molar-refractivity contribution in [2.24, 2.45) is 0 Å². The highest BCUT2D eigenvalue weighted by atomic mass is 15.0. The van der Waals surface area contributed by atoms with Crippen molar-refractivity contribution in [3.63, 3.8) is 0 Å². The lowest BCUT2D eigenvalue weighted by Gasteiger charge is -2.14. The Morgan fingerprint density at radius 3 is 1.66 bits per heavy atom. The number of nitrogens with zero attached hydrogens (tertiary/aromatic N) is 4. The highest BCUT2D eigenvalue weighted by Gasteiger charge is 2.25. The zero-order valence-corrected chi connectivity index (χ0v) is 38.4. The number of hydrogen-bond acceptors (Lipinski definition) is 3. The van der Waals surface area contributed by atoms with Crippen LogP contribution in [0.15, 0.2) is 243 Å². The Morgan fingerprint density at radius 2 is 0.901 bits per heavy atom. The van der Waals surface area contributed by atoms with Gasteiger partial charge in [0.05, 0.1) is 34.1 Å². The summed E-state index contributed by atoms with van der Waals surface area (Å²) in [4.78, 5) is 10.4. The molecule has 2 aromatic heterocycles. The molecule has 4 heteroatoms. The predicted octanol–water partition coefficient (Wildman–Crippen LogP) is 17.4. The van der Waals surface area contributed by atoms with Gasteiger partial charge in [0.2, 0.25) is 0 Å². The molecule has 11 aromatic carbocycles. The number of para-hydroxylation sites is 1. The molecule has 1 aliphatic carbocycles. The van der Waals surface area contributed by atoms with E-state index in [1.54, 1.807) is 0 Å². The largest absolute Gasteiger partial charge is 0.309 e. The van der Waals surface area contributed by atoms with Crippen LogP contribution in [0.1, 0.15) is 5.56 Å². The van der Waals surface area contributed by atoms with Gasteiger partial charge in [-0.2, -0.15) is 5.26 Å². The molecule has 4 nitrogen and oxygen atoms in total. The van der Waals surface area contributed by atoms with Crippen LogP contribution in [0.4, 0.5) is 0 Å².